The second-order valence-corrected chi connectivity index (χ2v) is 2.98. The molecule has 0 bridgehead atoms. The second-order valence-electron chi connectivity index (χ2n) is 2.98. The van der Waals surface area contributed by atoms with Crippen molar-refractivity contribution >= 4 is 5.69 Å². The summed E-state index contributed by atoms with van der Waals surface area (Å²) in [7, 11) is 0. The summed E-state index contributed by atoms with van der Waals surface area (Å²) in [5.74, 6) is -0.583. The van der Waals surface area contributed by atoms with Gasteiger partial charge in [0.25, 0.3) is 0 Å². The third-order valence-corrected chi connectivity index (χ3v) is 2.10. The highest BCUT2D eigenvalue weighted by atomic mass is 19.1. The molecule has 0 spiro atoms. The van der Waals surface area contributed by atoms with Gasteiger partial charge in [-0.05, 0) is 12.1 Å². The summed E-state index contributed by atoms with van der Waals surface area (Å²) in [6.07, 6.45) is 0. The van der Waals surface area contributed by atoms with Gasteiger partial charge in [-0.1, -0.05) is 0 Å². The number of rotatable bonds is 1. The second kappa shape index (κ2) is 2.91. The Morgan fingerprint density at radius 1 is 1.64 bits per heavy atom. The summed E-state index contributed by atoms with van der Waals surface area (Å²) in [4.78, 5) is 9.81. The molecule has 1 aliphatic rings. The van der Waals surface area contributed by atoms with Gasteiger partial charge < -0.3 is 10.5 Å². The molecule has 0 radical (unpaired) electrons. The van der Waals surface area contributed by atoms with Crippen molar-refractivity contribution in [2.75, 3.05) is 6.61 Å². The molecule has 2 N–H and O–H groups in total. The van der Waals surface area contributed by atoms with Gasteiger partial charge >= 0.3 is 5.69 Å². The van der Waals surface area contributed by atoms with E-state index in [-0.39, 0.29) is 12.2 Å². The van der Waals surface area contributed by atoms with Crippen LogP contribution in [0.1, 0.15) is 11.6 Å². The maximum Gasteiger partial charge on any atom is 0.313 e. The van der Waals surface area contributed by atoms with Gasteiger partial charge in [0.2, 0.25) is 5.82 Å². The van der Waals surface area contributed by atoms with Crippen molar-refractivity contribution in [3.05, 3.63) is 33.6 Å². The molecule has 1 aromatic carbocycles. The van der Waals surface area contributed by atoms with Crippen LogP contribution in [0.4, 0.5) is 10.1 Å². The summed E-state index contributed by atoms with van der Waals surface area (Å²) in [5, 5.41) is 10.6. The quantitative estimate of drug-likeness (QED) is 0.541. The Morgan fingerprint density at radius 3 is 3.00 bits per heavy atom. The minimum absolute atomic E-state index is 0.148. The topological polar surface area (TPSA) is 78.4 Å². The van der Waals surface area contributed by atoms with E-state index in [1.165, 1.54) is 6.07 Å². The normalized spacial score (nSPS) is 18.9. The molecule has 5 nitrogen and oxygen atoms in total. The third kappa shape index (κ3) is 1.12. The van der Waals surface area contributed by atoms with Gasteiger partial charge in [-0.15, -0.1) is 0 Å². The average Bonchev–Trinajstić information content (AvgIpc) is 2.47. The molecule has 1 heterocycles. The first-order valence-electron chi connectivity index (χ1n) is 3.96. The molecule has 0 aliphatic carbocycles. The van der Waals surface area contributed by atoms with E-state index in [1.807, 2.05) is 0 Å². The maximum atomic E-state index is 13.1. The Labute approximate surface area is 78.4 Å². The smallest absolute Gasteiger partial charge is 0.313 e. The van der Waals surface area contributed by atoms with E-state index >= 15 is 0 Å². The number of fused-ring (bicyclic) bond motifs is 1. The van der Waals surface area contributed by atoms with E-state index in [2.05, 4.69) is 0 Å². The number of nitrogens with two attached hydrogens (primary N) is 1. The van der Waals surface area contributed by atoms with Crippen molar-refractivity contribution in [1.82, 2.24) is 0 Å². The Kier molecular flexibility index (Phi) is 1.85. The summed E-state index contributed by atoms with van der Waals surface area (Å²) >= 11 is 0. The zero-order valence-corrected chi connectivity index (χ0v) is 7.07. The van der Waals surface area contributed by atoms with Crippen molar-refractivity contribution in [2.45, 2.75) is 6.04 Å². The highest BCUT2D eigenvalue weighted by Gasteiger charge is 2.32. The average molecular weight is 198 g/mol. The first-order chi connectivity index (χ1) is 6.61. The lowest BCUT2D eigenvalue weighted by molar-refractivity contribution is -0.388. The molecule has 1 aliphatic heterocycles. The molecule has 0 saturated carbocycles. The number of nitrogens with zero attached hydrogens (tertiary/aromatic N) is 1. The third-order valence-electron chi connectivity index (χ3n) is 2.10. The molecule has 0 amide bonds. The Balaban J connectivity index is 2.68. The first-order valence-corrected chi connectivity index (χ1v) is 3.96. The molecular weight excluding hydrogens is 191 g/mol. The minimum atomic E-state index is -0.880. The van der Waals surface area contributed by atoms with Crippen LogP contribution in [-0.2, 0) is 0 Å². The lowest BCUT2D eigenvalue weighted by atomic mass is 10.1. The lowest BCUT2D eigenvalue weighted by Crippen LogP contribution is -2.12. The zero-order chi connectivity index (χ0) is 10.3. The number of halogens is 1. The molecule has 1 atom stereocenters. The number of nitro benzene ring substituents is 1. The monoisotopic (exact) mass is 198 g/mol. The first kappa shape index (κ1) is 8.89. The SMILES string of the molecule is NC1COc2ccc(F)c([N+](=O)[O-])c21. The minimum Gasteiger partial charge on any atom is -0.491 e. The van der Waals surface area contributed by atoms with Crippen LogP contribution in [0.15, 0.2) is 12.1 Å². The fraction of sp³-hybridized carbons (Fsp3) is 0.250. The molecule has 0 fully saturated rings. The van der Waals surface area contributed by atoms with Crippen LogP contribution in [0, 0.1) is 15.9 Å². The fourth-order valence-corrected chi connectivity index (χ4v) is 1.50. The van der Waals surface area contributed by atoms with Crippen molar-refractivity contribution < 1.29 is 14.1 Å². The number of benzene rings is 1. The molecular formula is C8H7FN2O3. The number of hydrogen-bond donors (Lipinski definition) is 1. The lowest BCUT2D eigenvalue weighted by Gasteiger charge is -2.02. The zero-order valence-electron chi connectivity index (χ0n) is 7.07. The molecule has 14 heavy (non-hydrogen) atoms. The Morgan fingerprint density at radius 2 is 2.36 bits per heavy atom. The predicted octanol–water partition coefficient (Wildman–Crippen LogP) is 1.13. The van der Waals surface area contributed by atoms with Gasteiger partial charge in [0.05, 0.1) is 16.5 Å². The van der Waals surface area contributed by atoms with E-state index in [9.17, 15) is 14.5 Å². The molecule has 6 heteroatoms. The molecule has 0 aromatic heterocycles. The Bertz CT molecular complexity index is 408. The molecule has 1 aromatic rings. The number of hydrogen-bond acceptors (Lipinski definition) is 4. The van der Waals surface area contributed by atoms with Crippen molar-refractivity contribution in [3.63, 3.8) is 0 Å². The van der Waals surface area contributed by atoms with Gasteiger partial charge in [0.15, 0.2) is 0 Å². The van der Waals surface area contributed by atoms with E-state index in [0.717, 1.165) is 6.07 Å². The number of ether oxygens (including phenoxy) is 1. The van der Waals surface area contributed by atoms with Gasteiger partial charge in [-0.2, -0.15) is 4.39 Å². The van der Waals surface area contributed by atoms with E-state index in [1.54, 1.807) is 0 Å². The van der Waals surface area contributed by atoms with Gasteiger partial charge in [-0.3, -0.25) is 10.1 Å². The molecule has 74 valence electrons. The van der Waals surface area contributed by atoms with Crippen molar-refractivity contribution in [2.24, 2.45) is 5.73 Å². The Hall–Kier alpha value is -1.69. The van der Waals surface area contributed by atoms with E-state index in [4.69, 9.17) is 10.5 Å². The van der Waals surface area contributed by atoms with Gasteiger partial charge in [0.1, 0.15) is 12.4 Å². The predicted molar refractivity (Wildman–Crippen MR) is 45.5 cm³/mol. The van der Waals surface area contributed by atoms with Crippen LogP contribution in [0.5, 0.6) is 5.75 Å². The molecule has 0 saturated heterocycles. The number of nitro groups is 1. The van der Waals surface area contributed by atoms with Gasteiger partial charge in [-0.25, -0.2) is 0 Å². The summed E-state index contributed by atoms with van der Waals surface area (Å²) < 4.78 is 18.2. The molecule has 1 unspecified atom stereocenters. The standard InChI is InChI=1S/C8H7FN2O3/c9-4-1-2-6-7(5(10)3-14-6)8(4)11(12)13/h1-2,5H,3,10H2. The largest absolute Gasteiger partial charge is 0.491 e. The summed E-state index contributed by atoms with van der Waals surface area (Å²) in [6, 6.07) is 1.74. The highest BCUT2D eigenvalue weighted by molar-refractivity contribution is 5.54. The highest BCUT2D eigenvalue weighted by Crippen LogP contribution is 2.39. The van der Waals surface area contributed by atoms with Crippen LogP contribution in [0.2, 0.25) is 0 Å². The maximum absolute atomic E-state index is 13.1. The van der Waals surface area contributed by atoms with Crippen LogP contribution in [-0.4, -0.2) is 11.5 Å². The van der Waals surface area contributed by atoms with E-state index < -0.39 is 22.5 Å². The van der Waals surface area contributed by atoms with Crippen LogP contribution < -0.4 is 10.5 Å². The molecule has 2 rings (SSSR count). The van der Waals surface area contributed by atoms with Gasteiger partial charge in [0, 0.05) is 0 Å². The summed E-state index contributed by atoms with van der Waals surface area (Å²) in [6.45, 7) is 0.152. The fourth-order valence-electron chi connectivity index (χ4n) is 1.50. The summed E-state index contributed by atoms with van der Waals surface area (Å²) in [5.41, 5.74) is 5.13. The van der Waals surface area contributed by atoms with Crippen molar-refractivity contribution in [3.8, 4) is 5.75 Å². The van der Waals surface area contributed by atoms with Crippen LogP contribution >= 0.6 is 0 Å². The van der Waals surface area contributed by atoms with E-state index in [0.29, 0.717) is 5.75 Å². The van der Waals surface area contributed by atoms with Crippen LogP contribution in [0.3, 0.4) is 0 Å². The van der Waals surface area contributed by atoms with Crippen LogP contribution in [0.25, 0.3) is 0 Å². The van der Waals surface area contributed by atoms with Crippen molar-refractivity contribution in [1.29, 1.82) is 0 Å².